The molecule has 1 saturated heterocycles. The number of hydrogen-bond acceptors (Lipinski definition) is 4. The molecule has 110 valence electrons. The number of carbonyl (C=O) groups excluding carboxylic acids is 1. The van der Waals surface area contributed by atoms with E-state index >= 15 is 0 Å². The molecule has 0 aromatic heterocycles. The standard InChI is InChI=1S/C12H21NO5S/c1-2-3-6-9(12(15)16)13-11(14)10-7-4-5-8-19(10,17)18/h9-10H,2-8H2,1H3,(H,13,14)(H,15,16). The summed E-state index contributed by atoms with van der Waals surface area (Å²) in [5.74, 6) is -1.77. The molecule has 0 aromatic rings. The summed E-state index contributed by atoms with van der Waals surface area (Å²) in [4.78, 5) is 23.0. The van der Waals surface area contributed by atoms with Crippen molar-refractivity contribution in [2.24, 2.45) is 0 Å². The van der Waals surface area contributed by atoms with E-state index in [4.69, 9.17) is 5.11 Å². The first kappa shape index (κ1) is 15.9. The van der Waals surface area contributed by atoms with Crippen LogP contribution in [-0.2, 0) is 19.4 Å². The van der Waals surface area contributed by atoms with Crippen LogP contribution in [0.25, 0.3) is 0 Å². The monoisotopic (exact) mass is 291 g/mol. The number of carboxylic acids is 1. The summed E-state index contributed by atoms with van der Waals surface area (Å²) in [7, 11) is -3.42. The Balaban J connectivity index is 2.68. The third-order valence-electron chi connectivity index (χ3n) is 3.33. The number of nitrogens with one attached hydrogen (secondary N) is 1. The summed E-state index contributed by atoms with van der Waals surface area (Å²) >= 11 is 0. The van der Waals surface area contributed by atoms with E-state index < -0.39 is 33.0 Å². The Morgan fingerprint density at radius 2 is 2.05 bits per heavy atom. The zero-order valence-electron chi connectivity index (χ0n) is 11.1. The highest BCUT2D eigenvalue weighted by Gasteiger charge is 2.36. The van der Waals surface area contributed by atoms with Crippen molar-refractivity contribution in [3.05, 3.63) is 0 Å². The van der Waals surface area contributed by atoms with Crippen LogP contribution in [0.1, 0.15) is 45.4 Å². The summed E-state index contributed by atoms with van der Waals surface area (Å²) in [5.41, 5.74) is 0. The third kappa shape index (κ3) is 4.49. The van der Waals surface area contributed by atoms with Gasteiger partial charge in [-0.05, 0) is 19.3 Å². The average molecular weight is 291 g/mol. The van der Waals surface area contributed by atoms with Gasteiger partial charge in [0.1, 0.15) is 11.3 Å². The number of unbranched alkanes of at least 4 members (excludes halogenated alkanes) is 1. The van der Waals surface area contributed by atoms with E-state index in [9.17, 15) is 18.0 Å². The minimum atomic E-state index is -3.42. The van der Waals surface area contributed by atoms with Gasteiger partial charge in [-0.2, -0.15) is 0 Å². The Hall–Kier alpha value is -1.11. The van der Waals surface area contributed by atoms with E-state index in [0.717, 1.165) is 6.42 Å². The number of sulfone groups is 1. The second-order valence-corrected chi connectivity index (χ2v) is 7.20. The molecule has 2 N–H and O–H groups in total. The van der Waals surface area contributed by atoms with Crippen LogP contribution in [0.3, 0.4) is 0 Å². The van der Waals surface area contributed by atoms with Crippen LogP contribution in [0.15, 0.2) is 0 Å². The van der Waals surface area contributed by atoms with Gasteiger partial charge in [-0.15, -0.1) is 0 Å². The highest BCUT2D eigenvalue weighted by atomic mass is 32.2. The predicted octanol–water partition coefficient (Wildman–Crippen LogP) is 0.713. The maximum Gasteiger partial charge on any atom is 0.326 e. The van der Waals surface area contributed by atoms with Crippen molar-refractivity contribution in [1.29, 1.82) is 0 Å². The number of amides is 1. The first-order valence-corrected chi connectivity index (χ1v) is 8.34. The fraction of sp³-hybridized carbons (Fsp3) is 0.833. The Bertz CT molecular complexity index is 431. The highest BCUT2D eigenvalue weighted by molar-refractivity contribution is 7.92. The maximum atomic E-state index is 11.9. The van der Waals surface area contributed by atoms with Crippen LogP contribution >= 0.6 is 0 Å². The summed E-state index contributed by atoms with van der Waals surface area (Å²) < 4.78 is 23.6. The minimum absolute atomic E-state index is 0.0117. The first-order valence-electron chi connectivity index (χ1n) is 6.63. The molecule has 2 unspecified atom stereocenters. The molecular formula is C12H21NO5S. The van der Waals surface area contributed by atoms with Crippen LogP contribution in [0.4, 0.5) is 0 Å². The summed E-state index contributed by atoms with van der Waals surface area (Å²) in [5, 5.41) is 10.3. The summed E-state index contributed by atoms with van der Waals surface area (Å²) in [6, 6.07) is -0.996. The zero-order valence-corrected chi connectivity index (χ0v) is 11.9. The molecule has 0 aliphatic carbocycles. The predicted molar refractivity (Wildman–Crippen MR) is 70.5 cm³/mol. The third-order valence-corrected chi connectivity index (χ3v) is 5.51. The van der Waals surface area contributed by atoms with E-state index in [2.05, 4.69) is 5.32 Å². The van der Waals surface area contributed by atoms with Crippen molar-refractivity contribution in [3.8, 4) is 0 Å². The van der Waals surface area contributed by atoms with Gasteiger partial charge in [0.2, 0.25) is 5.91 Å². The normalized spacial score (nSPS) is 23.5. The van der Waals surface area contributed by atoms with E-state index in [1.54, 1.807) is 0 Å². The SMILES string of the molecule is CCCCC(NC(=O)C1CCCCS1(=O)=O)C(=O)O. The van der Waals surface area contributed by atoms with Gasteiger partial charge >= 0.3 is 5.97 Å². The lowest BCUT2D eigenvalue weighted by molar-refractivity contribution is -0.142. The topological polar surface area (TPSA) is 101 Å². The van der Waals surface area contributed by atoms with Crippen LogP contribution in [0.5, 0.6) is 0 Å². The quantitative estimate of drug-likeness (QED) is 0.750. The maximum absolute atomic E-state index is 11.9. The molecule has 0 radical (unpaired) electrons. The number of aliphatic carboxylic acids is 1. The number of carbonyl (C=O) groups is 2. The van der Waals surface area contributed by atoms with Crippen molar-refractivity contribution >= 4 is 21.7 Å². The molecule has 0 bridgehead atoms. The first-order chi connectivity index (χ1) is 8.88. The summed E-state index contributed by atoms with van der Waals surface area (Å²) in [6.07, 6.45) is 3.36. The van der Waals surface area contributed by atoms with Gasteiger partial charge < -0.3 is 10.4 Å². The van der Waals surface area contributed by atoms with Crippen molar-refractivity contribution in [2.45, 2.75) is 56.7 Å². The molecule has 1 rings (SSSR count). The molecule has 6 nitrogen and oxygen atoms in total. The zero-order chi connectivity index (χ0) is 14.5. The van der Waals surface area contributed by atoms with Crippen LogP contribution < -0.4 is 5.32 Å². The van der Waals surface area contributed by atoms with Crippen molar-refractivity contribution < 1.29 is 23.1 Å². The molecular weight excluding hydrogens is 270 g/mol. The van der Waals surface area contributed by atoms with Crippen molar-refractivity contribution in [2.75, 3.05) is 5.75 Å². The van der Waals surface area contributed by atoms with Crippen LogP contribution in [-0.4, -0.2) is 42.4 Å². The fourth-order valence-electron chi connectivity index (χ4n) is 2.18. The van der Waals surface area contributed by atoms with Gasteiger partial charge in [0.15, 0.2) is 9.84 Å². The number of carboxylic acid groups (broad SMARTS) is 1. The van der Waals surface area contributed by atoms with Crippen molar-refractivity contribution in [3.63, 3.8) is 0 Å². The van der Waals surface area contributed by atoms with Gasteiger partial charge in [-0.3, -0.25) is 4.79 Å². The van der Waals surface area contributed by atoms with Crippen molar-refractivity contribution in [1.82, 2.24) is 5.32 Å². The Labute approximate surface area is 113 Å². The van der Waals surface area contributed by atoms with Crippen LogP contribution in [0.2, 0.25) is 0 Å². The molecule has 1 amide bonds. The Morgan fingerprint density at radius 1 is 1.37 bits per heavy atom. The van der Waals surface area contributed by atoms with E-state index in [1.165, 1.54) is 0 Å². The van der Waals surface area contributed by atoms with E-state index in [1.807, 2.05) is 6.92 Å². The molecule has 0 saturated carbocycles. The average Bonchev–Trinajstić information content (AvgIpc) is 2.33. The van der Waals surface area contributed by atoms with Gasteiger partial charge in [0, 0.05) is 0 Å². The molecule has 1 aliphatic heterocycles. The lowest BCUT2D eigenvalue weighted by Gasteiger charge is -2.23. The molecule has 0 spiro atoms. The van der Waals surface area contributed by atoms with E-state index in [-0.39, 0.29) is 12.2 Å². The molecule has 1 heterocycles. The summed E-state index contributed by atoms with van der Waals surface area (Å²) in [6.45, 7) is 1.92. The Kier molecular flexibility index (Phi) is 5.78. The number of rotatable bonds is 6. The molecule has 0 aromatic carbocycles. The second-order valence-electron chi connectivity index (χ2n) is 4.89. The lowest BCUT2D eigenvalue weighted by atomic mass is 10.1. The second kappa shape index (κ2) is 6.88. The largest absolute Gasteiger partial charge is 0.480 e. The smallest absolute Gasteiger partial charge is 0.326 e. The van der Waals surface area contributed by atoms with Gasteiger partial charge in [0.25, 0.3) is 0 Å². The molecule has 7 heteroatoms. The van der Waals surface area contributed by atoms with Crippen LogP contribution in [0, 0.1) is 0 Å². The highest BCUT2D eigenvalue weighted by Crippen LogP contribution is 2.20. The van der Waals surface area contributed by atoms with Gasteiger partial charge in [-0.25, -0.2) is 13.2 Å². The lowest BCUT2D eigenvalue weighted by Crippen LogP contribution is -2.49. The van der Waals surface area contributed by atoms with Gasteiger partial charge in [-0.1, -0.05) is 26.2 Å². The molecule has 1 aliphatic rings. The number of hydrogen-bond donors (Lipinski definition) is 2. The van der Waals surface area contributed by atoms with E-state index in [0.29, 0.717) is 25.7 Å². The molecule has 1 fully saturated rings. The molecule has 2 atom stereocenters. The minimum Gasteiger partial charge on any atom is -0.480 e. The molecule has 19 heavy (non-hydrogen) atoms. The van der Waals surface area contributed by atoms with Gasteiger partial charge in [0.05, 0.1) is 5.75 Å². The Morgan fingerprint density at radius 3 is 2.58 bits per heavy atom. The fourth-order valence-corrected chi connectivity index (χ4v) is 3.99.